The summed E-state index contributed by atoms with van der Waals surface area (Å²) in [6.07, 6.45) is 3.75. The van der Waals surface area contributed by atoms with E-state index in [4.69, 9.17) is 4.52 Å². The standard InChI is InChI=1S/C28H27F2N5O4S/c1-17-3-8-24(23(30)15-17)32-26-18(2)27(40(37,38)34-25-11-14-39-33-25)31-16-22(26)28(36)35-12-9-20(10-13-35)19-4-6-21(29)7-5-19/h3-8,11,14-16,20H,9-10,12-13H2,1-2H3,(H,31,32)(H,33,34). The number of sulfonamides is 1. The highest BCUT2D eigenvalue weighted by molar-refractivity contribution is 7.92. The molecule has 208 valence electrons. The van der Waals surface area contributed by atoms with Gasteiger partial charge in [0.05, 0.1) is 16.9 Å². The molecule has 1 saturated heterocycles. The average molecular weight is 568 g/mol. The second-order valence-electron chi connectivity index (χ2n) is 9.69. The second kappa shape index (κ2) is 11.0. The summed E-state index contributed by atoms with van der Waals surface area (Å²) in [6, 6.07) is 12.3. The number of nitrogens with zero attached hydrogens (tertiary/aromatic N) is 3. The van der Waals surface area contributed by atoms with Crippen molar-refractivity contribution in [2.45, 2.75) is 37.6 Å². The van der Waals surface area contributed by atoms with Gasteiger partial charge in [0.15, 0.2) is 10.8 Å². The van der Waals surface area contributed by atoms with E-state index in [1.54, 1.807) is 30.0 Å². The van der Waals surface area contributed by atoms with Gasteiger partial charge in [0, 0.05) is 30.9 Å². The van der Waals surface area contributed by atoms with Crippen molar-refractivity contribution in [3.8, 4) is 0 Å². The zero-order chi connectivity index (χ0) is 28.4. The van der Waals surface area contributed by atoms with E-state index in [-0.39, 0.29) is 51.0 Å². The Morgan fingerprint density at radius 2 is 1.77 bits per heavy atom. The highest BCUT2D eigenvalue weighted by atomic mass is 32.2. The molecule has 5 rings (SSSR count). The molecule has 1 fully saturated rings. The number of aryl methyl sites for hydroxylation is 1. The number of hydrogen-bond donors (Lipinski definition) is 2. The maximum absolute atomic E-state index is 14.8. The second-order valence-corrected chi connectivity index (χ2v) is 11.3. The van der Waals surface area contributed by atoms with Crippen LogP contribution in [-0.4, -0.2) is 42.5 Å². The van der Waals surface area contributed by atoms with Crippen LogP contribution in [-0.2, 0) is 10.0 Å². The van der Waals surface area contributed by atoms with E-state index in [9.17, 15) is 22.0 Å². The van der Waals surface area contributed by atoms with Crippen molar-refractivity contribution in [1.82, 2.24) is 15.0 Å². The number of benzene rings is 2. The summed E-state index contributed by atoms with van der Waals surface area (Å²) in [5.41, 5.74) is 2.16. The van der Waals surface area contributed by atoms with Crippen LogP contribution >= 0.6 is 0 Å². The van der Waals surface area contributed by atoms with Gasteiger partial charge in [-0.05, 0) is 68.0 Å². The summed E-state index contributed by atoms with van der Waals surface area (Å²) < 4.78 is 61.4. The molecule has 1 aliphatic rings. The fourth-order valence-electron chi connectivity index (χ4n) is 4.82. The number of halogens is 2. The minimum Gasteiger partial charge on any atom is -0.363 e. The van der Waals surface area contributed by atoms with Gasteiger partial charge in [0.2, 0.25) is 0 Å². The zero-order valence-corrected chi connectivity index (χ0v) is 22.6. The van der Waals surface area contributed by atoms with E-state index in [2.05, 4.69) is 20.2 Å². The van der Waals surface area contributed by atoms with Crippen LogP contribution in [0.25, 0.3) is 0 Å². The molecule has 0 saturated carbocycles. The van der Waals surface area contributed by atoms with Crippen molar-refractivity contribution in [2.75, 3.05) is 23.1 Å². The number of rotatable bonds is 7. The van der Waals surface area contributed by atoms with Gasteiger partial charge in [0.1, 0.15) is 17.9 Å². The Hall–Kier alpha value is -4.32. The molecule has 12 heteroatoms. The lowest BCUT2D eigenvalue weighted by Crippen LogP contribution is -2.38. The highest BCUT2D eigenvalue weighted by Gasteiger charge is 2.30. The Morgan fingerprint density at radius 3 is 2.42 bits per heavy atom. The van der Waals surface area contributed by atoms with Gasteiger partial charge in [-0.2, -0.15) is 8.42 Å². The van der Waals surface area contributed by atoms with Crippen LogP contribution in [0, 0.1) is 25.5 Å². The molecule has 0 radical (unpaired) electrons. The minimum atomic E-state index is -4.22. The van der Waals surface area contributed by atoms with Crippen LogP contribution in [0.15, 0.2) is 70.5 Å². The third-order valence-corrected chi connectivity index (χ3v) is 8.34. The van der Waals surface area contributed by atoms with E-state index in [1.807, 2.05) is 0 Å². The van der Waals surface area contributed by atoms with Gasteiger partial charge >= 0.3 is 0 Å². The first-order valence-electron chi connectivity index (χ1n) is 12.6. The monoisotopic (exact) mass is 567 g/mol. The number of hydrogen-bond acceptors (Lipinski definition) is 7. The molecular formula is C28H27F2N5O4S. The minimum absolute atomic E-state index is 0.0375. The zero-order valence-electron chi connectivity index (χ0n) is 21.8. The van der Waals surface area contributed by atoms with Crippen LogP contribution in [0.1, 0.15) is 45.8 Å². The Labute approximate surface area is 230 Å². The fraction of sp³-hybridized carbons (Fsp3) is 0.250. The molecule has 4 aromatic rings. The van der Waals surface area contributed by atoms with Crippen molar-refractivity contribution >= 4 is 33.1 Å². The van der Waals surface area contributed by atoms with Gasteiger partial charge in [-0.3, -0.25) is 9.52 Å². The first-order valence-corrected chi connectivity index (χ1v) is 14.1. The van der Waals surface area contributed by atoms with Gasteiger partial charge < -0.3 is 14.7 Å². The quantitative estimate of drug-likeness (QED) is 0.302. The summed E-state index contributed by atoms with van der Waals surface area (Å²) >= 11 is 0. The molecule has 0 aliphatic carbocycles. The summed E-state index contributed by atoms with van der Waals surface area (Å²) in [5, 5.41) is 6.16. The highest BCUT2D eigenvalue weighted by Crippen LogP contribution is 2.34. The normalized spacial score (nSPS) is 14.2. The summed E-state index contributed by atoms with van der Waals surface area (Å²) in [6.45, 7) is 4.11. The Kier molecular flexibility index (Phi) is 7.53. The molecule has 0 unspecified atom stereocenters. The van der Waals surface area contributed by atoms with Crippen LogP contribution in [0.5, 0.6) is 0 Å². The number of carbonyl (C=O) groups excluding carboxylic acids is 1. The van der Waals surface area contributed by atoms with Crippen LogP contribution in [0.3, 0.4) is 0 Å². The smallest absolute Gasteiger partial charge is 0.280 e. The molecule has 2 N–H and O–H groups in total. The fourth-order valence-corrected chi connectivity index (χ4v) is 5.99. The third-order valence-electron chi connectivity index (χ3n) is 6.95. The van der Waals surface area contributed by atoms with Crippen molar-refractivity contribution in [1.29, 1.82) is 0 Å². The molecular weight excluding hydrogens is 540 g/mol. The molecule has 2 aromatic carbocycles. The van der Waals surface area contributed by atoms with Gasteiger partial charge in [-0.25, -0.2) is 13.8 Å². The van der Waals surface area contributed by atoms with Crippen LogP contribution in [0.2, 0.25) is 0 Å². The van der Waals surface area contributed by atoms with Gasteiger partial charge in [-0.1, -0.05) is 23.4 Å². The largest absolute Gasteiger partial charge is 0.363 e. The third kappa shape index (κ3) is 5.67. The van der Waals surface area contributed by atoms with Gasteiger partial charge in [0.25, 0.3) is 15.9 Å². The maximum atomic E-state index is 14.8. The number of nitrogens with one attached hydrogen (secondary N) is 2. The van der Waals surface area contributed by atoms with E-state index >= 15 is 0 Å². The van der Waals surface area contributed by atoms with E-state index in [0.717, 1.165) is 5.56 Å². The number of amides is 1. The first kappa shape index (κ1) is 27.3. The summed E-state index contributed by atoms with van der Waals surface area (Å²) in [5.74, 6) is -1.08. The molecule has 40 heavy (non-hydrogen) atoms. The van der Waals surface area contributed by atoms with E-state index in [1.165, 1.54) is 49.7 Å². The van der Waals surface area contributed by atoms with Crippen LogP contribution < -0.4 is 10.0 Å². The SMILES string of the molecule is Cc1ccc(Nc2c(C(=O)N3CCC(c4ccc(F)cc4)CC3)cnc(S(=O)(=O)Nc3ccon3)c2C)c(F)c1. The number of pyridine rings is 1. The van der Waals surface area contributed by atoms with Crippen molar-refractivity contribution in [3.05, 3.63) is 94.9 Å². The number of likely N-dealkylation sites (tertiary alicyclic amines) is 1. The maximum Gasteiger partial charge on any atom is 0.280 e. The topological polar surface area (TPSA) is 117 Å². The van der Waals surface area contributed by atoms with Gasteiger partial charge in [-0.15, -0.1) is 0 Å². The molecule has 0 bridgehead atoms. The molecule has 2 aromatic heterocycles. The molecule has 0 spiro atoms. The predicted octanol–water partition coefficient (Wildman–Crippen LogP) is 5.53. The number of piperidine rings is 1. The number of anilines is 3. The van der Waals surface area contributed by atoms with E-state index < -0.39 is 15.8 Å². The molecule has 1 amide bonds. The van der Waals surface area contributed by atoms with Crippen molar-refractivity contribution in [3.63, 3.8) is 0 Å². The molecule has 3 heterocycles. The molecule has 9 nitrogen and oxygen atoms in total. The Bertz CT molecular complexity index is 1640. The summed E-state index contributed by atoms with van der Waals surface area (Å²) in [7, 11) is -4.22. The molecule has 1 aliphatic heterocycles. The van der Waals surface area contributed by atoms with E-state index in [0.29, 0.717) is 31.5 Å². The predicted molar refractivity (Wildman–Crippen MR) is 145 cm³/mol. The number of carbonyl (C=O) groups is 1. The lowest BCUT2D eigenvalue weighted by atomic mass is 9.89. The lowest BCUT2D eigenvalue weighted by molar-refractivity contribution is 0.0713. The lowest BCUT2D eigenvalue weighted by Gasteiger charge is -2.33. The number of aromatic nitrogens is 2. The average Bonchev–Trinajstić information content (AvgIpc) is 3.43. The first-order chi connectivity index (χ1) is 19.1. The van der Waals surface area contributed by atoms with Crippen molar-refractivity contribution < 1.29 is 26.5 Å². The molecule has 0 atom stereocenters. The Balaban J connectivity index is 1.46. The Morgan fingerprint density at radius 1 is 1.05 bits per heavy atom. The summed E-state index contributed by atoms with van der Waals surface area (Å²) in [4.78, 5) is 19.5. The van der Waals surface area contributed by atoms with Crippen molar-refractivity contribution in [2.24, 2.45) is 0 Å². The van der Waals surface area contributed by atoms with Crippen LogP contribution in [0.4, 0.5) is 26.0 Å².